The predicted octanol–water partition coefficient (Wildman–Crippen LogP) is 3.52. The zero-order valence-electron chi connectivity index (χ0n) is 15.1. The number of urea groups is 1. The number of anilines is 2. The van der Waals surface area contributed by atoms with Crippen LogP contribution in [0.15, 0.2) is 77.7 Å². The SMILES string of the molecule is NS(=O)(=O)c1ccc(-c2cccc(NC(=O)Nc3nc4ccccc4[nH]3)c2)cc1. The van der Waals surface area contributed by atoms with E-state index in [0.717, 1.165) is 22.2 Å². The van der Waals surface area contributed by atoms with E-state index in [4.69, 9.17) is 5.14 Å². The molecule has 5 N–H and O–H groups in total. The highest BCUT2D eigenvalue weighted by Gasteiger charge is 2.09. The van der Waals surface area contributed by atoms with E-state index in [0.29, 0.717) is 11.6 Å². The number of aromatic amines is 1. The zero-order valence-corrected chi connectivity index (χ0v) is 15.9. The monoisotopic (exact) mass is 407 g/mol. The number of sulfonamides is 1. The van der Waals surface area contributed by atoms with Crippen LogP contribution < -0.4 is 15.8 Å². The van der Waals surface area contributed by atoms with Crippen LogP contribution in [-0.2, 0) is 10.0 Å². The topological polar surface area (TPSA) is 130 Å². The summed E-state index contributed by atoms with van der Waals surface area (Å²) in [6, 6.07) is 20.4. The largest absolute Gasteiger partial charge is 0.326 e. The summed E-state index contributed by atoms with van der Waals surface area (Å²) in [6.45, 7) is 0. The van der Waals surface area contributed by atoms with E-state index in [1.54, 1.807) is 30.3 Å². The molecule has 0 spiro atoms. The molecule has 0 fully saturated rings. The lowest BCUT2D eigenvalue weighted by molar-refractivity contribution is 0.262. The number of benzene rings is 3. The van der Waals surface area contributed by atoms with Crippen LogP contribution in [0, 0.1) is 0 Å². The molecule has 1 aromatic heterocycles. The normalized spacial score (nSPS) is 11.3. The summed E-state index contributed by atoms with van der Waals surface area (Å²) in [6.07, 6.45) is 0. The van der Waals surface area contributed by atoms with Gasteiger partial charge in [0.25, 0.3) is 0 Å². The van der Waals surface area contributed by atoms with Crippen LogP contribution in [0.5, 0.6) is 0 Å². The summed E-state index contributed by atoms with van der Waals surface area (Å²) in [7, 11) is -3.74. The number of nitrogens with one attached hydrogen (secondary N) is 3. The molecule has 4 rings (SSSR count). The molecule has 3 aromatic carbocycles. The molecule has 0 radical (unpaired) electrons. The Kier molecular flexibility index (Phi) is 4.75. The highest BCUT2D eigenvalue weighted by atomic mass is 32.2. The number of nitrogens with zero attached hydrogens (tertiary/aromatic N) is 1. The van der Waals surface area contributed by atoms with Gasteiger partial charge in [0.1, 0.15) is 0 Å². The van der Waals surface area contributed by atoms with E-state index >= 15 is 0 Å². The Balaban J connectivity index is 1.49. The molecule has 0 saturated heterocycles. The third-order valence-electron chi connectivity index (χ3n) is 4.26. The number of para-hydroxylation sites is 2. The van der Waals surface area contributed by atoms with Gasteiger partial charge in [-0.25, -0.2) is 23.3 Å². The number of aromatic nitrogens is 2. The average Bonchev–Trinajstić information content (AvgIpc) is 3.09. The van der Waals surface area contributed by atoms with Crippen molar-refractivity contribution in [3.63, 3.8) is 0 Å². The first-order valence-electron chi connectivity index (χ1n) is 8.64. The Morgan fingerprint density at radius 1 is 0.897 bits per heavy atom. The summed E-state index contributed by atoms with van der Waals surface area (Å²) in [5.74, 6) is 0.346. The van der Waals surface area contributed by atoms with Crippen LogP contribution in [0.2, 0.25) is 0 Å². The van der Waals surface area contributed by atoms with Crippen LogP contribution in [0.4, 0.5) is 16.4 Å². The van der Waals surface area contributed by atoms with Gasteiger partial charge in [-0.3, -0.25) is 5.32 Å². The lowest BCUT2D eigenvalue weighted by atomic mass is 10.1. The summed E-state index contributed by atoms with van der Waals surface area (Å²) in [4.78, 5) is 19.7. The molecule has 0 saturated carbocycles. The molecule has 8 nitrogen and oxygen atoms in total. The van der Waals surface area contributed by atoms with Gasteiger partial charge in [-0.05, 0) is 47.5 Å². The number of hydrogen-bond donors (Lipinski definition) is 4. The van der Waals surface area contributed by atoms with E-state index in [-0.39, 0.29) is 4.90 Å². The molecular weight excluding hydrogens is 390 g/mol. The molecule has 0 aliphatic carbocycles. The summed E-state index contributed by atoms with van der Waals surface area (Å²) in [5, 5.41) is 10.5. The van der Waals surface area contributed by atoms with Gasteiger partial charge in [0.05, 0.1) is 15.9 Å². The third-order valence-corrected chi connectivity index (χ3v) is 5.19. The van der Waals surface area contributed by atoms with Gasteiger partial charge in [0, 0.05) is 5.69 Å². The number of H-pyrrole nitrogens is 1. The van der Waals surface area contributed by atoms with Gasteiger partial charge in [0.2, 0.25) is 16.0 Å². The molecule has 1 heterocycles. The second kappa shape index (κ2) is 7.38. The molecular formula is C20H17N5O3S. The average molecular weight is 407 g/mol. The summed E-state index contributed by atoms with van der Waals surface area (Å²) in [5.41, 5.74) is 3.76. The van der Waals surface area contributed by atoms with E-state index < -0.39 is 16.1 Å². The predicted molar refractivity (Wildman–Crippen MR) is 112 cm³/mol. The Morgan fingerprint density at radius 3 is 2.38 bits per heavy atom. The fraction of sp³-hybridized carbons (Fsp3) is 0. The molecule has 2 amide bonds. The number of fused-ring (bicyclic) bond motifs is 1. The van der Waals surface area contributed by atoms with E-state index in [2.05, 4.69) is 20.6 Å². The second-order valence-corrected chi connectivity index (χ2v) is 7.89. The molecule has 29 heavy (non-hydrogen) atoms. The van der Waals surface area contributed by atoms with E-state index in [9.17, 15) is 13.2 Å². The molecule has 0 atom stereocenters. The molecule has 9 heteroatoms. The number of primary sulfonamides is 1. The number of rotatable bonds is 4. The highest BCUT2D eigenvalue weighted by molar-refractivity contribution is 7.89. The summed E-state index contributed by atoms with van der Waals surface area (Å²) < 4.78 is 22.8. The van der Waals surface area contributed by atoms with Gasteiger partial charge < -0.3 is 10.3 Å². The Bertz CT molecular complexity index is 1260. The number of hydrogen-bond acceptors (Lipinski definition) is 4. The molecule has 0 aliphatic rings. The van der Waals surface area contributed by atoms with E-state index in [1.165, 1.54) is 12.1 Å². The van der Waals surface area contributed by atoms with Crippen molar-refractivity contribution in [2.24, 2.45) is 5.14 Å². The maximum Gasteiger partial charge on any atom is 0.326 e. The minimum Gasteiger partial charge on any atom is -0.324 e. The Morgan fingerprint density at radius 2 is 1.66 bits per heavy atom. The quantitative estimate of drug-likeness (QED) is 0.412. The Labute approximate surface area is 166 Å². The highest BCUT2D eigenvalue weighted by Crippen LogP contribution is 2.24. The van der Waals surface area contributed by atoms with Crippen molar-refractivity contribution >= 4 is 38.7 Å². The molecule has 0 unspecified atom stereocenters. The lowest BCUT2D eigenvalue weighted by Crippen LogP contribution is -2.20. The number of carbonyl (C=O) groups excluding carboxylic acids is 1. The molecule has 0 bridgehead atoms. The van der Waals surface area contributed by atoms with Gasteiger partial charge in [-0.1, -0.05) is 36.4 Å². The van der Waals surface area contributed by atoms with Crippen molar-refractivity contribution in [3.8, 4) is 11.1 Å². The number of nitrogens with two attached hydrogens (primary N) is 1. The third kappa shape index (κ3) is 4.26. The first-order valence-corrected chi connectivity index (χ1v) is 10.2. The molecule has 146 valence electrons. The van der Waals surface area contributed by atoms with Crippen LogP contribution in [0.25, 0.3) is 22.2 Å². The number of carbonyl (C=O) groups is 1. The van der Waals surface area contributed by atoms with Crippen molar-refractivity contribution in [3.05, 3.63) is 72.8 Å². The lowest BCUT2D eigenvalue weighted by Gasteiger charge is -2.08. The van der Waals surface area contributed by atoms with Gasteiger partial charge in [0.15, 0.2) is 0 Å². The van der Waals surface area contributed by atoms with Gasteiger partial charge in [-0.2, -0.15) is 0 Å². The van der Waals surface area contributed by atoms with Crippen molar-refractivity contribution < 1.29 is 13.2 Å². The Hall–Kier alpha value is -3.69. The minimum absolute atomic E-state index is 0.0424. The van der Waals surface area contributed by atoms with Crippen molar-refractivity contribution in [2.45, 2.75) is 4.90 Å². The van der Waals surface area contributed by atoms with Gasteiger partial charge in [-0.15, -0.1) is 0 Å². The smallest absolute Gasteiger partial charge is 0.324 e. The summed E-state index contributed by atoms with van der Waals surface area (Å²) >= 11 is 0. The van der Waals surface area contributed by atoms with E-state index in [1.807, 2.05) is 30.3 Å². The van der Waals surface area contributed by atoms with Crippen molar-refractivity contribution in [2.75, 3.05) is 10.6 Å². The zero-order chi connectivity index (χ0) is 20.4. The van der Waals surface area contributed by atoms with Crippen LogP contribution in [0.1, 0.15) is 0 Å². The van der Waals surface area contributed by atoms with Gasteiger partial charge >= 0.3 is 6.03 Å². The first kappa shape index (κ1) is 18.7. The standard InChI is InChI=1S/C20H17N5O3S/c21-29(27,28)16-10-8-13(9-11-16)14-4-3-5-15(12-14)22-20(26)25-19-23-17-6-1-2-7-18(17)24-19/h1-12H,(H2,21,27,28)(H3,22,23,24,25,26). The van der Waals surface area contributed by atoms with Crippen molar-refractivity contribution in [1.29, 1.82) is 0 Å². The minimum atomic E-state index is -3.74. The van der Waals surface area contributed by atoms with Crippen LogP contribution in [0.3, 0.4) is 0 Å². The fourth-order valence-corrected chi connectivity index (χ4v) is 3.41. The van der Waals surface area contributed by atoms with Crippen LogP contribution in [-0.4, -0.2) is 24.4 Å². The van der Waals surface area contributed by atoms with Crippen molar-refractivity contribution in [1.82, 2.24) is 9.97 Å². The molecule has 4 aromatic rings. The maximum absolute atomic E-state index is 12.3. The first-order chi connectivity index (χ1) is 13.9. The second-order valence-electron chi connectivity index (χ2n) is 6.33. The fourth-order valence-electron chi connectivity index (χ4n) is 2.90. The number of imidazole rings is 1. The molecule has 0 aliphatic heterocycles. The van der Waals surface area contributed by atoms with Crippen LogP contribution >= 0.6 is 0 Å². The maximum atomic E-state index is 12.3. The number of amides is 2.